The molecule has 12 heteroatoms. The summed E-state index contributed by atoms with van der Waals surface area (Å²) in [6.07, 6.45) is 8.28. The van der Waals surface area contributed by atoms with Crippen LogP contribution in [0.3, 0.4) is 0 Å². The Labute approximate surface area is 531 Å². The van der Waals surface area contributed by atoms with Gasteiger partial charge < -0.3 is 24.3 Å². The van der Waals surface area contributed by atoms with Gasteiger partial charge in [0.2, 0.25) is 0 Å². The van der Waals surface area contributed by atoms with E-state index in [-0.39, 0.29) is 47.5 Å². The lowest BCUT2D eigenvalue weighted by molar-refractivity contribution is -0.173. The van der Waals surface area contributed by atoms with Gasteiger partial charge in [-0.25, -0.2) is 14.4 Å². The first-order chi connectivity index (χ1) is 41.5. The van der Waals surface area contributed by atoms with E-state index in [0.717, 1.165) is 41.5 Å². The zero-order valence-electron chi connectivity index (χ0n) is 57.5. The van der Waals surface area contributed by atoms with Crippen molar-refractivity contribution in [2.45, 2.75) is 218 Å². The van der Waals surface area contributed by atoms with E-state index >= 15 is 0 Å². The monoisotopic (exact) mass is 1210 g/mol. The fraction of sp³-hybridized carbons (Fsp3) is 0.592. The summed E-state index contributed by atoms with van der Waals surface area (Å²) < 4.78 is 25.3. The lowest BCUT2D eigenvalue weighted by atomic mass is 9.91. The average Bonchev–Trinajstić information content (AvgIpc) is 3.49. The maximum atomic E-state index is 14.7. The summed E-state index contributed by atoms with van der Waals surface area (Å²) in [6, 6.07) is 30.7. The van der Waals surface area contributed by atoms with Gasteiger partial charge in [-0.05, 0) is 142 Å². The molecule has 0 amide bonds. The minimum absolute atomic E-state index is 0.00133. The third kappa shape index (κ3) is 25.0. The number of aliphatic imine (C=N–C) groups is 3. The summed E-state index contributed by atoms with van der Waals surface area (Å²) in [5.74, 6) is -1.78. The van der Waals surface area contributed by atoms with Crippen LogP contribution in [-0.4, -0.2) is 99.2 Å². The lowest BCUT2D eigenvalue weighted by Gasteiger charge is -2.34. The maximum absolute atomic E-state index is 14.7. The Bertz CT molecular complexity index is 2580. The summed E-state index contributed by atoms with van der Waals surface area (Å²) >= 11 is 0. The normalized spacial score (nSPS) is 15.8. The highest BCUT2D eigenvalue weighted by molar-refractivity contribution is 5.81. The Morgan fingerprint density at radius 1 is 0.352 bits per heavy atom. The van der Waals surface area contributed by atoms with Crippen molar-refractivity contribution in [3.63, 3.8) is 0 Å². The van der Waals surface area contributed by atoms with Crippen LogP contribution in [0, 0.1) is 46.8 Å². The molecule has 88 heavy (non-hydrogen) atoms. The van der Waals surface area contributed by atoms with Gasteiger partial charge in [0.15, 0.2) is 0 Å². The second-order valence-corrected chi connectivity index (χ2v) is 28.0. The van der Waals surface area contributed by atoms with Gasteiger partial charge in [-0.2, -0.15) is 0 Å². The Morgan fingerprint density at radius 2 is 0.591 bits per heavy atom. The predicted molar refractivity (Wildman–Crippen MR) is 363 cm³/mol. The molecule has 484 valence electrons. The van der Waals surface area contributed by atoms with Crippen LogP contribution in [0.5, 0.6) is 0 Å². The quantitative estimate of drug-likeness (QED) is 0.0266. The Hall–Kier alpha value is -6.27. The number of rotatable bonds is 36. The molecule has 4 rings (SSSR count). The van der Waals surface area contributed by atoms with Crippen LogP contribution in [0.4, 0.5) is 0 Å². The average molecular weight is 1210 g/mol. The molecule has 0 aliphatic rings. The summed E-state index contributed by atoms with van der Waals surface area (Å²) in [4.78, 5) is 72.9. The summed E-state index contributed by atoms with van der Waals surface area (Å²) in [5, 5.41) is 3.53. The van der Waals surface area contributed by atoms with E-state index in [1.807, 2.05) is 81.0 Å². The minimum atomic E-state index is -1.61. The van der Waals surface area contributed by atoms with Crippen molar-refractivity contribution in [1.29, 1.82) is 0 Å². The molecule has 12 nitrogen and oxygen atoms in total. The predicted octanol–water partition coefficient (Wildman–Crippen LogP) is 15.8. The van der Waals surface area contributed by atoms with Gasteiger partial charge in [-0.15, -0.1) is 0 Å². The number of benzene rings is 4. The zero-order chi connectivity index (χ0) is 65.4. The van der Waals surface area contributed by atoms with E-state index in [2.05, 4.69) is 179 Å². The molecule has 1 N–H and O–H groups in total. The molecule has 4 aromatic rings. The van der Waals surface area contributed by atoms with Crippen LogP contribution in [0.1, 0.15) is 207 Å². The highest BCUT2D eigenvalue weighted by atomic mass is 16.6. The van der Waals surface area contributed by atoms with Crippen LogP contribution in [0.2, 0.25) is 0 Å². The molecule has 0 radical (unpaired) electrons. The van der Waals surface area contributed by atoms with Gasteiger partial charge in [-0.1, -0.05) is 229 Å². The molecule has 0 aromatic heterocycles. The first-order valence-corrected chi connectivity index (χ1v) is 32.9. The summed E-state index contributed by atoms with van der Waals surface area (Å²) in [7, 11) is 0. The number of hydrogen-bond donors (Lipinski definition) is 1. The molecule has 0 aliphatic heterocycles. The molecule has 8 unspecified atom stereocenters. The Kier molecular flexibility index (Phi) is 30.7. The molecule has 0 saturated heterocycles. The first-order valence-electron chi connectivity index (χ1n) is 32.9. The molecule has 0 aliphatic carbocycles. The van der Waals surface area contributed by atoms with E-state index in [4.69, 9.17) is 33.9 Å². The Balaban J connectivity index is 1.74. The molecule has 0 heterocycles. The third-order valence-electron chi connectivity index (χ3n) is 16.4. The molecule has 8 atom stereocenters. The van der Waals surface area contributed by atoms with Gasteiger partial charge in [0.05, 0.1) is 0 Å². The maximum Gasteiger partial charge on any atom is 0.331 e. The number of esters is 4. The number of carbonyl (C=O) groups excluding carboxylic acids is 4. The van der Waals surface area contributed by atoms with E-state index in [1.54, 1.807) is 0 Å². The van der Waals surface area contributed by atoms with Gasteiger partial charge in [0.25, 0.3) is 0 Å². The number of nitrogens with zero attached hydrogens (tertiary/aromatic N) is 3. The molecule has 0 fully saturated rings. The van der Waals surface area contributed by atoms with Crippen molar-refractivity contribution in [2.24, 2.45) is 61.8 Å². The smallest absolute Gasteiger partial charge is 0.331 e. The largest absolute Gasteiger partial charge is 0.464 e. The van der Waals surface area contributed by atoms with Crippen LogP contribution >= 0.6 is 0 Å². The second-order valence-electron chi connectivity index (χ2n) is 28.0. The molecular weight excluding hydrogens is 1100 g/mol. The third-order valence-corrected chi connectivity index (χ3v) is 16.4. The highest BCUT2D eigenvalue weighted by Gasteiger charge is 2.42. The minimum Gasteiger partial charge on any atom is -0.464 e. The lowest BCUT2D eigenvalue weighted by Crippen LogP contribution is -2.50. The summed E-state index contributed by atoms with van der Waals surface area (Å²) in [5.41, 5.74) is 8.06. The van der Waals surface area contributed by atoms with Crippen molar-refractivity contribution in [2.75, 3.05) is 26.4 Å². The van der Waals surface area contributed by atoms with E-state index in [0.29, 0.717) is 30.1 Å². The molecule has 0 saturated carbocycles. The fourth-order valence-corrected chi connectivity index (χ4v) is 10.4. The Morgan fingerprint density at radius 3 is 0.818 bits per heavy atom. The first kappa shape index (κ1) is 74.2. The van der Waals surface area contributed by atoms with E-state index in [1.165, 1.54) is 22.3 Å². The molecular formula is C76H112N4O8. The molecule has 4 aromatic carbocycles. The van der Waals surface area contributed by atoms with Crippen molar-refractivity contribution in [3.8, 4) is 0 Å². The highest BCUT2D eigenvalue weighted by Crippen LogP contribution is 2.27. The van der Waals surface area contributed by atoms with Crippen molar-refractivity contribution in [3.05, 3.63) is 142 Å². The van der Waals surface area contributed by atoms with E-state index < -0.39 is 79.9 Å². The zero-order valence-corrected chi connectivity index (χ0v) is 57.5. The van der Waals surface area contributed by atoms with E-state index in [9.17, 15) is 19.2 Å². The van der Waals surface area contributed by atoms with Crippen molar-refractivity contribution < 1.29 is 38.1 Å². The van der Waals surface area contributed by atoms with Crippen LogP contribution in [0.15, 0.2) is 112 Å². The number of ether oxygens (including phenoxy) is 4. The number of carbonyl (C=O) groups is 4. The molecule has 0 spiro atoms. The van der Waals surface area contributed by atoms with Crippen LogP contribution in [-0.2, 0) is 63.8 Å². The van der Waals surface area contributed by atoms with Gasteiger partial charge >= 0.3 is 23.9 Å². The van der Waals surface area contributed by atoms with Gasteiger partial charge in [-0.3, -0.25) is 19.8 Å². The van der Waals surface area contributed by atoms with Crippen LogP contribution < -0.4 is 5.32 Å². The second kappa shape index (κ2) is 36.4. The fourth-order valence-electron chi connectivity index (χ4n) is 10.4. The van der Waals surface area contributed by atoms with Gasteiger partial charge in [0.1, 0.15) is 56.0 Å². The standard InChI is InChI=1S/C76H112N4O8/c1-48(2)64-29-21-60(22-30-64)37-56(17)41-77-68(52(9)10)72(81)85-44-76(47-88-75(84)71(55(15)16)80-59(20)40-63-27-35-67(36-28-63)51(7)8,45-86-73(82)69(53(11)12)78-42-57(18)38-61-23-31-65(32-24-61)49(3)4)46-87-74(83)70(54(13)14)79-43-58(19)39-62-25-33-66(34-26-62)50(5)6/h21-36,41-43,48-59,68-71,80H,37-40,44-47H2,1-20H3/b77-41-,78-42-,79-43-. The topological polar surface area (TPSA) is 154 Å². The van der Waals surface area contributed by atoms with Crippen molar-refractivity contribution in [1.82, 2.24) is 5.32 Å². The number of hydrogen-bond acceptors (Lipinski definition) is 12. The van der Waals surface area contributed by atoms with Gasteiger partial charge in [0, 0.05) is 24.7 Å². The summed E-state index contributed by atoms with van der Waals surface area (Å²) in [6.45, 7) is 39.1. The number of nitrogens with one attached hydrogen (secondary N) is 1. The van der Waals surface area contributed by atoms with Crippen LogP contribution in [0.25, 0.3) is 0 Å². The van der Waals surface area contributed by atoms with Crippen molar-refractivity contribution >= 4 is 42.5 Å². The SMILES string of the molecule is CC(/C=N\C(C(=O)OCC(COC(=O)C(/N=C\C(C)Cc1ccc(C(C)C)cc1)C(C)C)(COC(=O)C(/N=C\C(C)Cc1ccc(C(C)C)cc1)C(C)C)COC(=O)C(NC(C)Cc1ccc(C(C)C)cc1)C(C)C)C(C)C)Cc1ccc(C(C)C)cc1. The molecule has 0 bridgehead atoms.